The first-order valence-corrected chi connectivity index (χ1v) is 12.8. The summed E-state index contributed by atoms with van der Waals surface area (Å²) >= 11 is 0. The van der Waals surface area contributed by atoms with E-state index in [0.717, 1.165) is 52.4 Å². The molecule has 3 fully saturated rings. The fourth-order valence-corrected chi connectivity index (χ4v) is 5.31. The van der Waals surface area contributed by atoms with E-state index in [9.17, 15) is 9.90 Å². The van der Waals surface area contributed by atoms with Gasteiger partial charge in [0.2, 0.25) is 5.89 Å². The monoisotopic (exact) mass is 463 g/mol. The molecule has 0 radical (unpaired) electrons. The van der Waals surface area contributed by atoms with Gasteiger partial charge in [0, 0.05) is 71.6 Å². The lowest BCUT2D eigenvalue weighted by Gasteiger charge is -2.40. The maximum Gasteiger partial charge on any atom is 0.275 e. The van der Waals surface area contributed by atoms with Gasteiger partial charge in [-0.2, -0.15) is 0 Å². The Labute approximate surface area is 197 Å². The first-order valence-electron chi connectivity index (χ1n) is 12.8. The van der Waals surface area contributed by atoms with Gasteiger partial charge in [-0.1, -0.05) is 19.3 Å². The number of oxazole rings is 1. The van der Waals surface area contributed by atoms with E-state index >= 15 is 0 Å². The minimum Gasteiger partial charge on any atom is -0.447 e. The van der Waals surface area contributed by atoms with E-state index in [2.05, 4.69) is 19.7 Å². The van der Waals surface area contributed by atoms with Crippen LogP contribution in [0.2, 0.25) is 0 Å². The van der Waals surface area contributed by atoms with Crippen LogP contribution in [-0.2, 0) is 11.3 Å². The molecule has 1 N–H and O–H groups in total. The largest absolute Gasteiger partial charge is 0.447 e. The van der Waals surface area contributed by atoms with E-state index in [1.165, 1.54) is 38.4 Å². The molecule has 3 aliphatic rings. The third-order valence-corrected chi connectivity index (χ3v) is 7.27. The lowest BCUT2D eigenvalue weighted by atomic mass is 9.94. The fraction of sp³-hybridized carbons (Fsp3) is 0.833. The lowest BCUT2D eigenvalue weighted by molar-refractivity contribution is 0.00948. The second-order valence-electron chi connectivity index (χ2n) is 9.64. The summed E-state index contributed by atoms with van der Waals surface area (Å²) in [5, 5.41) is 10.0. The molecule has 0 bridgehead atoms. The number of hydrogen-bond donors (Lipinski definition) is 1. The Morgan fingerprint density at radius 1 is 1.09 bits per heavy atom. The topological polar surface area (TPSA) is 85.5 Å². The predicted octanol–water partition coefficient (Wildman–Crippen LogP) is 1.28. The van der Waals surface area contributed by atoms with Crippen molar-refractivity contribution < 1.29 is 19.1 Å². The molecule has 1 amide bonds. The molecular formula is C24H41N5O4. The third kappa shape index (κ3) is 6.99. The molecule has 9 heteroatoms. The summed E-state index contributed by atoms with van der Waals surface area (Å²) in [4.78, 5) is 26.5. The molecule has 33 heavy (non-hydrogen) atoms. The number of ether oxygens (including phenoxy) is 1. The SMILES string of the molecule is CCOCC(O)CN1CCN(Cc2nc(C(=O)N3CCN(C4CCCCC4)CC3)co2)CC1. The number of aliphatic hydroxyl groups is 1. The van der Waals surface area contributed by atoms with Gasteiger partial charge in [-0.15, -0.1) is 0 Å². The second kappa shape index (κ2) is 12.3. The van der Waals surface area contributed by atoms with Crippen LogP contribution in [0.15, 0.2) is 10.7 Å². The van der Waals surface area contributed by atoms with Crippen LogP contribution in [0.5, 0.6) is 0 Å². The number of aromatic nitrogens is 1. The molecule has 0 spiro atoms. The van der Waals surface area contributed by atoms with Crippen molar-refractivity contribution in [1.82, 2.24) is 24.6 Å². The van der Waals surface area contributed by atoms with Crippen LogP contribution in [0, 0.1) is 0 Å². The molecule has 2 aliphatic heterocycles. The molecule has 0 aromatic carbocycles. The smallest absolute Gasteiger partial charge is 0.275 e. The van der Waals surface area contributed by atoms with Gasteiger partial charge in [-0.3, -0.25) is 19.5 Å². The van der Waals surface area contributed by atoms with Crippen LogP contribution in [0.3, 0.4) is 0 Å². The first kappa shape index (κ1) is 24.6. The van der Waals surface area contributed by atoms with Crippen molar-refractivity contribution in [1.29, 1.82) is 0 Å². The molecule has 2 saturated heterocycles. The van der Waals surface area contributed by atoms with Gasteiger partial charge in [0.05, 0.1) is 19.3 Å². The third-order valence-electron chi connectivity index (χ3n) is 7.27. The Morgan fingerprint density at radius 2 is 1.79 bits per heavy atom. The van der Waals surface area contributed by atoms with E-state index in [4.69, 9.17) is 9.15 Å². The summed E-state index contributed by atoms with van der Waals surface area (Å²) in [6.45, 7) is 11.2. The number of nitrogens with zero attached hydrogens (tertiary/aromatic N) is 5. The zero-order valence-electron chi connectivity index (χ0n) is 20.2. The van der Waals surface area contributed by atoms with Crippen molar-refractivity contribution in [2.75, 3.05) is 72.1 Å². The standard InChI is InChI=1S/C24H41N5O4/c1-2-32-18-21(30)16-26-8-10-27(11-9-26)17-23-25-22(19-33-23)24(31)29-14-12-28(13-15-29)20-6-4-3-5-7-20/h19-21,30H,2-18H2,1H3. The molecule has 3 heterocycles. The molecule has 1 atom stereocenters. The highest BCUT2D eigenvalue weighted by Gasteiger charge is 2.29. The van der Waals surface area contributed by atoms with Crippen LogP contribution < -0.4 is 0 Å². The number of hydrogen-bond acceptors (Lipinski definition) is 8. The fourth-order valence-electron chi connectivity index (χ4n) is 5.31. The van der Waals surface area contributed by atoms with Crippen molar-refractivity contribution in [3.63, 3.8) is 0 Å². The maximum absolute atomic E-state index is 12.9. The van der Waals surface area contributed by atoms with E-state index in [0.29, 0.717) is 43.9 Å². The molecule has 1 unspecified atom stereocenters. The van der Waals surface area contributed by atoms with Gasteiger partial charge in [0.25, 0.3) is 5.91 Å². The molecule has 186 valence electrons. The van der Waals surface area contributed by atoms with Crippen molar-refractivity contribution >= 4 is 5.91 Å². The van der Waals surface area contributed by atoms with Gasteiger partial charge in [0.1, 0.15) is 6.26 Å². The van der Waals surface area contributed by atoms with E-state index in [-0.39, 0.29) is 5.91 Å². The first-order chi connectivity index (χ1) is 16.1. The summed E-state index contributed by atoms with van der Waals surface area (Å²) in [5.74, 6) is 0.588. The van der Waals surface area contributed by atoms with E-state index < -0.39 is 6.10 Å². The zero-order chi connectivity index (χ0) is 23.0. The molecule has 1 aromatic rings. The minimum atomic E-state index is -0.443. The van der Waals surface area contributed by atoms with Crippen molar-refractivity contribution in [3.05, 3.63) is 17.8 Å². The maximum atomic E-state index is 12.9. The molecule has 4 rings (SSSR count). The van der Waals surface area contributed by atoms with Gasteiger partial charge in [-0.25, -0.2) is 4.98 Å². The zero-order valence-corrected chi connectivity index (χ0v) is 20.2. The lowest BCUT2D eigenvalue weighted by Crippen LogP contribution is -2.52. The van der Waals surface area contributed by atoms with Gasteiger partial charge < -0.3 is 19.2 Å². The summed E-state index contributed by atoms with van der Waals surface area (Å²) < 4.78 is 10.9. The predicted molar refractivity (Wildman–Crippen MR) is 125 cm³/mol. The highest BCUT2D eigenvalue weighted by molar-refractivity contribution is 5.92. The minimum absolute atomic E-state index is 0.0126. The number of carbonyl (C=O) groups excluding carboxylic acids is 1. The average Bonchev–Trinajstić information content (AvgIpc) is 3.32. The Morgan fingerprint density at radius 3 is 2.48 bits per heavy atom. The number of piperazine rings is 2. The number of aliphatic hydroxyl groups excluding tert-OH is 1. The summed E-state index contributed by atoms with van der Waals surface area (Å²) in [6.07, 6.45) is 7.75. The van der Waals surface area contributed by atoms with Crippen LogP contribution in [0.4, 0.5) is 0 Å². The number of rotatable bonds is 9. The van der Waals surface area contributed by atoms with E-state index in [1.807, 2.05) is 11.8 Å². The van der Waals surface area contributed by atoms with Crippen LogP contribution >= 0.6 is 0 Å². The van der Waals surface area contributed by atoms with Crippen LogP contribution in [-0.4, -0.2) is 120 Å². The van der Waals surface area contributed by atoms with E-state index in [1.54, 1.807) is 0 Å². The molecule has 9 nitrogen and oxygen atoms in total. The highest BCUT2D eigenvalue weighted by Crippen LogP contribution is 2.24. The Hall–Kier alpha value is -1.52. The normalized spacial score (nSPS) is 23.2. The average molecular weight is 464 g/mol. The Bertz CT molecular complexity index is 722. The summed E-state index contributed by atoms with van der Waals surface area (Å²) in [5.41, 5.74) is 0.425. The van der Waals surface area contributed by atoms with Gasteiger partial charge in [0.15, 0.2) is 5.69 Å². The molecule has 1 saturated carbocycles. The van der Waals surface area contributed by atoms with Crippen LogP contribution in [0.25, 0.3) is 0 Å². The highest BCUT2D eigenvalue weighted by atomic mass is 16.5. The molecule has 1 aromatic heterocycles. The number of carbonyl (C=O) groups is 1. The van der Waals surface area contributed by atoms with Crippen molar-refractivity contribution in [2.45, 2.75) is 57.7 Å². The number of amides is 1. The Balaban J connectivity index is 1.18. The quantitative estimate of drug-likeness (QED) is 0.586. The summed E-state index contributed by atoms with van der Waals surface area (Å²) in [7, 11) is 0. The van der Waals surface area contributed by atoms with Gasteiger partial charge in [-0.05, 0) is 19.8 Å². The molecule has 1 aliphatic carbocycles. The summed E-state index contributed by atoms with van der Waals surface area (Å²) in [6, 6.07) is 0.711. The Kier molecular flexibility index (Phi) is 9.14. The number of β-amino-alcohol motifs (C(OH)–C–C–N with tert-alkyl or cyclic N) is 1. The second-order valence-corrected chi connectivity index (χ2v) is 9.64. The van der Waals surface area contributed by atoms with Crippen molar-refractivity contribution in [2.24, 2.45) is 0 Å². The van der Waals surface area contributed by atoms with Crippen LogP contribution in [0.1, 0.15) is 55.4 Å². The van der Waals surface area contributed by atoms with Crippen molar-refractivity contribution in [3.8, 4) is 0 Å². The van der Waals surface area contributed by atoms with Gasteiger partial charge >= 0.3 is 0 Å². The molecular weight excluding hydrogens is 422 g/mol.